The molecule has 1 heterocycles. The van der Waals surface area contributed by atoms with E-state index in [-0.39, 0.29) is 0 Å². The second kappa shape index (κ2) is 5.51. The number of hydrogen-bond donors (Lipinski definition) is 1. The number of benzene rings is 1. The second-order valence-electron chi connectivity index (χ2n) is 4.87. The number of aromatic nitrogens is 2. The fraction of sp³-hybridized carbons (Fsp3) is 0.308. The molecular formula is C13H15Cl2N3O2S. The molecule has 0 saturated heterocycles. The third kappa shape index (κ3) is 3.02. The summed E-state index contributed by atoms with van der Waals surface area (Å²) >= 11 is 11.9. The van der Waals surface area contributed by atoms with Crippen LogP contribution in [0.4, 0.5) is 5.82 Å². The van der Waals surface area contributed by atoms with Gasteiger partial charge < -0.3 is 5.73 Å². The molecule has 1 aromatic heterocycles. The van der Waals surface area contributed by atoms with E-state index in [0.29, 0.717) is 32.7 Å². The molecule has 1 unspecified atom stereocenters. The van der Waals surface area contributed by atoms with Crippen LogP contribution in [0.25, 0.3) is 11.1 Å². The molecule has 0 aliphatic heterocycles. The smallest absolute Gasteiger partial charge is 0.155 e. The predicted molar refractivity (Wildman–Crippen MR) is 86.3 cm³/mol. The molecule has 1 atom stereocenters. The van der Waals surface area contributed by atoms with E-state index in [0.717, 1.165) is 0 Å². The topological polar surface area (TPSA) is 78.0 Å². The van der Waals surface area contributed by atoms with Crippen LogP contribution in [0.15, 0.2) is 18.2 Å². The Morgan fingerprint density at radius 2 is 1.90 bits per heavy atom. The maximum atomic E-state index is 11.8. The highest BCUT2D eigenvalue weighted by atomic mass is 35.5. The van der Waals surface area contributed by atoms with Crippen LogP contribution in [0, 0.1) is 0 Å². The summed E-state index contributed by atoms with van der Waals surface area (Å²) in [6.07, 6.45) is 1.17. The average Bonchev–Trinajstić information content (AvgIpc) is 2.67. The van der Waals surface area contributed by atoms with Gasteiger partial charge in [-0.05, 0) is 24.6 Å². The van der Waals surface area contributed by atoms with Crippen molar-refractivity contribution >= 4 is 38.9 Å². The summed E-state index contributed by atoms with van der Waals surface area (Å²) in [5, 5.41) is 4.26. The number of nitrogen functional groups attached to an aromatic ring is 1. The number of aryl methyl sites for hydroxylation is 1. The maximum Gasteiger partial charge on any atom is 0.155 e. The van der Waals surface area contributed by atoms with Gasteiger partial charge in [0.15, 0.2) is 9.84 Å². The molecule has 2 aromatic rings. The summed E-state index contributed by atoms with van der Waals surface area (Å²) in [4.78, 5) is 0. The Morgan fingerprint density at radius 3 is 2.43 bits per heavy atom. The monoisotopic (exact) mass is 347 g/mol. The van der Waals surface area contributed by atoms with Gasteiger partial charge in [0.2, 0.25) is 0 Å². The van der Waals surface area contributed by atoms with Gasteiger partial charge in [0, 0.05) is 18.9 Å². The zero-order valence-electron chi connectivity index (χ0n) is 11.8. The van der Waals surface area contributed by atoms with Gasteiger partial charge in [-0.1, -0.05) is 29.3 Å². The lowest BCUT2D eigenvalue weighted by Crippen LogP contribution is -2.09. The van der Waals surface area contributed by atoms with Gasteiger partial charge >= 0.3 is 0 Å². The van der Waals surface area contributed by atoms with Crippen LogP contribution in [-0.4, -0.2) is 24.5 Å². The SMILES string of the molecule is CC(c1nn(C)c(N)c1-c1ccc(Cl)c(Cl)c1)S(C)(=O)=O. The zero-order valence-corrected chi connectivity index (χ0v) is 14.1. The summed E-state index contributed by atoms with van der Waals surface area (Å²) in [6.45, 7) is 1.58. The van der Waals surface area contributed by atoms with E-state index in [2.05, 4.69) is 5.10 Å². The van der Waals surface area contributed by atoms with E-state index < -0.39 is 15.1 Å². The lowest BCUT2D eigenvalue weighted by Gasteiger charge is -2.10. The van der Waals surface area contributed by atoms with Gasteiger partial charge in [-0.3, -0.25) is 4.68 Å². The number of sulfone groups is 1. The molecule has 0 amide bonds. The molecule has 0 fully saturated rings. The number of anilines is 1. The largest absolute Gasteiger partial charge is 0.383 e. The Bertz CT molecular complexity index is 800. The predicted octanol–water partition coefficient (Wildman–Crippen LogP) is 3.08. The third-order valence-corrected chi connectivity index (χ3v) is 5.60. The van der Waals surface area contributed by atoms with E-state index in [1.54, 1.807) is 32.2 Å². The standard InChI is InChI=1S/C13H15Cl2N3O2S/c1-7(21(3,19)20)12-11(13(16)18(2)17-12)8-4-5-9(14)10(15)6-8/h4-7H,16H2,1-3H3. The third-order valence-electron chi connectivity index (χ3n) is 3.35. The van der Waals surface area contributed by atoms with E-state index in [4.69, 9.17) is 28.9 Å². The van der Waals surface area contributed by atoms with Gasteiger partial charge in [0.1, 0.15) is 11.1 Å². The van der Waals surface area contributed by atoms with Crippen LogP contribution < -0.4 is 5.73 Å². The van der Waals surface area contributed by atoms with Crippen molar-refractivity contribution in [3.8, 4) is 11.1 Å². The molecule has 0 spiro atoms. The highest BCUT2D eigenvalue weighted by Gasteiger charge is 2.27. The molecule has 8 heteroatoms. The molecule has 21 heavy (non-hydrogen) atoms. The van der Waals surface area contributed by atoms with Gasteiger partial charge in [-0.25, -0.2) is 8.42 Å². The fourth-order valence-electron chi connectivity index (χ4n) is 1.99. The molecule has 114 valence electrons. The van der Waals surface area contributed by atoms with Crippen LogP contribution in [0.3, 0.4) is 0 Å². The van der Waals surface area contributed by atoms with Crippen molar-refractivity contribution < 1.29 is 8.42 Å². The summed E-state index contributed by atoms with van der Waals surface area (Å²) in [7, 11) is -1.64. The Labute approximate surface area is 133 Å². The molecule has 0 bridgehead atoms. The molecule has 0 aliphatic rings. The van der Waals surface area contributed by atoms with Crippen LogP contribution in [0.5, 0.6) is 0 Å². The van der Waals surface area contributed by atoms with Crippen LogP contribution in [-0.2, 0) is 16.9 Å². The van der Waals surface area contributed by atoms with Crippen molar-refractivity contribution in [3.63, 3.8) is 0 Å². The van der Waals surface area contributed by atoms with Gasteiger partial charge in [0.25, 0.3) is 0 Å². The summed E-state index contributed by atoms with van der Waals surface area (Å²) < 4.78 is 25.1. The number of nitrogens with zero attached hydrogens (tertiary/aromatic N) is 2. The van der Waals surface area contributed by atoms with Crippen LogP contribution in [0.2, 0.25) is 10.0 Å². The Kier molecular flexibility index (Phi) is 4.24. The zero-order chi connectivity index (χ0) is 15.9. The Balaban J connectivity index is 2.71. The Hall–Kier alpha value is -1.24. The second-order valence-corrected chi connectivity index (χ2v) is 8.05. The summed E-state index contributed by atoms with van der Waals surface area (Å²) in [5.74, 6) is 0.374. The van der Waals surface area contributed by atoms with E-state index in [9.17, 15) is 8.42 Å². The van der Waals surface area contributed by atoms with E-state index in [1.165, 1.54) is 10.9 Å². The van der Waals surface area contributed by atoms with Crippen molar-refractivity contribution in [2.45, 2.75) is 12.2 Å². The fourth-order valence-corrected chi connectivity index (χ4v) is 2.86. The minimum absolute atomic E-state index is 0.371. The lowest BCUT2D eigenvalue weighted by molar-refractivity contribution is 0.589. The van der Waals surface area contributed by atoms with Gasteiger partial charge in [-0.2, -0.15) is 5.10 Å². The molecule has 1 aromatic carbocycles. The lowest BCUT2D eigenvalue weighted by atomic mass is 10.0. The molecule has 0 aliphatic carbocycles. The highest BCUT2D eigenvalue weighted by Crippen LogP contribution is 2.37. The normalized spacial score (nSPS) is 13.4. The highest BCUT2D eigenvalue weighted by molar-refractivity contribution is 7.90. The average molecular weight is 348 g/mol. The van der Waals surface area contributed by atoms with Crippen LogP contribution in [0.1, 0.15) is 17.9 Å². The quantitative estimate of drug-likeness (QED) is 0.925. The van der Waals surface area contributed by atoms with Crippen molar-refractivity contribution in [1.82, 2.24) is 9.78 Å². The van der Waals surface area contributed by atoms with E-state index >= 15 is 0 Å². The summed E-state index contributed by atoms with van der Waals surface area (Å²) in [6, 6.07) is 5.02. The first-order chi connectivity index (χ1) is 9.62. The minimum atomic E-state index is -3.30. The molecule has 2 rings (SSSR count). The molecule has 5 nitrogen and oxygen atoms in total. The number of nitrogens with two attached hydrogens (primary N) is 1. The van der Waals surface area contributed by atoms with Gasteiger partial charge in [0.05, 0.1) is 15.7 Å². The number of rotatable bonds is 3. The van der Waals surface area contributed by atoms with E-state index in [1.807, 2.05) is 0 Å². The molecular weight excluding hydrogens is 333 g/mol. The molecule has 2 N–H and O–H groups in total. The first-order valence-electron chi connectivity index (χ1n) is 6.09. The molecule has 0 radical (unpaired) electrons. The van der Waals surface area contributed by atoms with Crippen molar-refractivity contribution in [3.05, 3.63) is 33.9 Å². The first-order valence-corrected chi connectivity index (χ1v) is 8.80. The minimum Gasteiger partial charge on any atom is -0.383 e. The summed E-state index contributed by atoms with van der Waals surface area (Å²) in [5.41, 5.74) is 7.68. The van der Waals surface area contributed by atoms with Crippen molar-refractivity contribution in [2.24, 2.45) is 7.05 Å². The van der Waals surface area contributed by atoms with Crippen molar-refractivity contribution in [2.75, 3.05) is 12.0 Å². The van der Waals surface area contributed by atoms with Crippen LogP contribution >= 0.6 is 23.2 Å². The van der Waals surface area contributed by atoms with Gasteiger partial charge in [-0.15, -0.1) is 0 Å². The number of hydrogen-bond acceptors (Lipinski definition) is 4. The molecule has 0 saturated carbocycles. The van der Waals surface area contributed by atoms with Crippen molar-refractivity contribution in [1.29, 1.82) is 0 Å². The maximum absolute atomic E-state index is 11.8. The number of halogens is 2. The first kappa shape index (κ1) is 16.1. The Morgan fingerprint density at radius 1 is 1.29 bits per heavy atom.